The number of anilines is 2. The molecule has 1 aliphatic heterocycles. The van der Waals surface area contributed by atoms with Gasteiger partial charge in [-0.15, -0.1) is 0 Å². The molecule has 1 aliphatic rings. The van der Waals surface area contributed by atoms with Gasteiger partial charge >= 0.3 is 0 Å². The molecule has 0 spiro atoms. The van der Waals surface area contributed by atoms with Crippen LogP contribution in [0.25, 0.3) is 16.7 Å². The fraction of sp³-hybridized carbons (Fsp3) is 0.0909. The smallest absolute Gasteiger partial charge is 0.223 e. The monoisotopic (exact) mass is 402 g/mol. The average Bonchev–Trinajstić information content (AvgIpc) is 2.88. The number of pyridine rings is 1. The molecular formula is C22H19ClN6. The first-order chi connectivity index (χ1) is 14.2. The molecule has 1 aromatic carbocycles. The van der Waals surface area contributed by atoms with Gasteiger partial charge in [0.1, 0.15) is 5.84 Å². The van der Waals surface area contributed by atoms with Gasteiger partial charge in [-0.3, -0.25) is 9.98 Å². The summed E-state index contributed by atoms with van der Waals surface area (Å²) < 4.78 is 0. The highest BCUT2D eigenvalue weighted by Gasteiger charge is 2.23. The zero-order valence-electron chi connectivity index (χ0n) is 15.9. The number of rotatable bonds is 4. The molecule has 0 unspecified atom stereocenters. The van der Waals surface area contributed by atoms with Crippen molar-refractivity contribution in [3.8, 4) is 11.1 Å². The van der Waals surface area contributed by atoms with Crippen LogP contribution in [0.15, 0.2) is 72.6 Å². The average molecular weight is 403 g/mol. The predicted molar refractivity (Wildman–Crippen MR) is 119 cm³/mol. The number of allylic oxidation sites excluding steroid dienone is 2. The van der Waals surface area contributed by atoms with Crippen molar-refractivity contribution in [2.75, 3.05) is 17.7 Å². The highest BCUT2D eigenvalue weighted by atomic mass is 35.5. The Bertz CT molecular complexity index is 1120. The topological polar surface area (TPSA) is 75.1 Å². The summed E-state index contributed by atoms with van der Waals surface area (Å²) in [6.45, 7) is 4.43. The molecule has 6 nitrogen and oxygen atoms in total. The summed E-state index contributed by atoms with van der Waals surface area (Å²) in [4.78, 5) is 17.9. The van der Waals surface area contributed by atoms with E-state index in [1.807, 2.05) is 42.6 Å². The van der Waals surface area contributed by atoms with E-state index >= 15 is 0 Å². The van der Waals surface area contributed by atoms with E-state index in [4.69, 9.17) is 16.6 Å². The van der Waals surface area contributed by atoms with Gasteiger partial charge < -0.3 is 10.6 Å². The van der Waals surface area contributed by atoms with Crippen LogP contribution >= 0.6 is 11.6 Å². The van der Waals surface area contributed by atoms with E-state index in [9.17, 15) is 0 Å². The van der Waals surface area contributed by atoms with Crippen molar-refractivity contribution in [1.82, 2.24) is 15.0 Å². The Balaban J connectivity index is 1.76. The van der Waals surface area contributed by atoms with E-state index in [1.165, 1.54) is 0 Å². The second kappa shape index (κ2) is 8.24. The van der Waals surface area contributed by atoms with Gasteiger partial charge in [0.25, 0.3) is 0 Å². The molecule has 4 rings (SSSR count). The number of fused-ring (bicyclic) bond motifs is 3. The summed E-state index contributed by atoms with van der Waals surface area (Å²) >= 11 is 5.96. The summed E-state index contributed by atoms with van der Waals surface area (Å²) in [6, 6.07) is 9.60. The van der Waals surface area contributed by atoms with Crippen LogP contribution in [0.1, 0.15) is 11.3 Å². The minimum Gasteiger partial charge on any atom is -0.350 e. The van der Waals surface area contributed by atoms with Gasteiger partial charge in [0.05, 0.1) is 17.6 Å². The second-order valence-electron chi connectivity index (χ2n) is 6.37. The highest BCUT2D eigenvalue weighted by molar-refractivity contribution is 6.31. The first-order valence-electron chi connectivity index (χ1n) is 9.06. The van der Waals surface area contributed by atoms with E-state index in [0.29, 0.717) is 23.4 Å². The number of aromatic nitrogens is 3. The quantitative estimate of drug-likeness (QED) is 0.653. The van der Waals surface area contributed by atoms with Crippen molar-refractivity contribution in [1.29, 1.82) is 0 Å². The predicted octanol–water partition coefficient (Wildman–Crippen LogP) is 4.83. The third-order valence-electron chi connectivity index (χ3n) is 4.54. The van der Waals surface area contributed by atoms with Crippen molar-refractivity contribution in [3.63, 3.8) is 0 Å². The Morgan fingerprint density at radius 2 is 2.00 bits per heavy atom. The van der Waals surface area contributed by atoms with Crippen LogP contribution in [0, 0.1) is 0 Å². The Morgan fingerprint density at radius 1 is 1.17 bits per heavy atom. The molecule has 0 bridgehead atoms. The normalized spacial score (nSPS) is 15.2. The fourth-order valence-corrected chi connectivity index (χ4v) is 3.27. The summed E-state index contributed by atoms with van der Waals surface area (Å²) in [5.41, 5.74) is 5.42. The van der Waals surface area contributed by atoms with E-state index in [-0.39, 0.29) is 0 Å². The Hall–Kier alpha value is -3.51. The standard InChI is InChI=1S/C22H19ClN6/c1-3-4-17-20-18(16-9-10-25-13-19(16)28-21(17)24-2)12-27-22(29-20)26-11-14-5-7-15(23)8-6-14/h3-10,12-13H,1,11H2,2H3,(H,24,28)(H,26,27,29)/b17-4-. The van der Waals surface area contributed by atoms with Crippen LogP contribution in [-0.2, 0) is 6.54 Å². The Kier molecular flexibility index (Phi) is 5.35. The SMILES string of the molecule is C=C/C=C1\C(=NC)Nc2cnccc2-c2cnc(NCc3ccc(Cl)cc3)nc21. The molecule has 7 heteroatoms. The second-order valence-corrected chi connectivity index (χ2v) is 6.81. The number of hydrogen-bond acceptors (Lipinski definition) is 5. The number of halogens is 1. The van der Waals surface area contributed by atoms with Crippen LogP contribution < -0.4 is 10.6 Å². The van der Waals surface area contributed by atoms with Crippen LogP contribution in [0.3, 0.4) is 0 Å². The molecule has 3 aromatic rings. The molecule has 144 valence electrons. The zero-order chi connectivity index (χ0) is 20.2. The third-order valence-corrected chi connectivity index (χ3v) is 4.79. The molecule has 0 saturated carbocycles. The zero-order valence-corrected chi connectivity index (χ0v) is 16.6. The van der Waals surface area contributed by atoms with Gasteiger partial charge in [0.2, 0.25) is 5.95 Å². The first-order valence-corrected chi connectivity index (χ1v) is 9.44. The van der Waals surface area contributed by atoms with Gasteiger partial charge in [-0.1, -0.05) is 36.4 Å². The minimum atomic E-state index is 0.529. The minimum absolute atomic E-state index is 0.529. The molecule has 0 amide bonds. The van der Waals surface area contributed by atoms with E-state index in [2.05, 4.69) is 32.2 Å². The van der Waals surface area contributed by atoms with Crippen LogP contribution in [0.5, 0.6) is 0 Å². The summed E-state index contributed by atoms with van der Waals surface area (Å²) in [5, 5.41) is 7.33. The van der Waals surface area contributed by atoms with Crippen LogP contribution in [0.4, 0.5) is 11.6 Å². The molecule has 0 atom stereocenters. The summed E-state index contributed by atoms with van der Waals surface area (Å²) in [5.74, 6) is 1.22. The molecule has 29 heavy (non-hydrogen) atoms. The van der Waals surface area contributed by atoms with Gasteiger partial charge in [0, 0.05) is 47.7 Å². The molecule has 3 heterocycles. The van der Waals surface area contributed by atoms with E-state index in [0.717, 1.165) is 33.6 Å². The van der Waals surface area contributed by atoms with Gasteiger partial charge in [-0.25, -0.2) is 9.97 Å². The molecule has 0 fully saturated rings. The molecule has 2 N–H and O–H groups in total. The van der Waals surface area contributed by atoms with Gasteiger partial charge in [-0.2, -0.15) is 0 Å². The van der Waals surface area contributed by atoms with Gasteiger partial charge in [0.15, 0.2) is 0 Å². The van der Waals surface area contributed by atoms with Crippen molar-refractivity contribution in [2.24, 2.45) is 4.99 Å². The van der Waals surface area contributed by atoms with Crippen molar-refractivity contribution in [2.45, 2.75) is 6.54 Å². The Labute approximate surface area is 174 Å². The third kappa shape index (κ3) is 3.88. The lowest BCUT2D eigenvalue weighted by Crippen LogP contribution is -2.14. The number of nitrogens with one attached hydrogen (secondary N) is 2. The largest absolute Gasteiger partial charge is 0.350 e. The van der Waals surface area contributed by atoms with Crippen LogP contribution in [0.2, 0.25) is 5.02 Å². The lowest BCUT2D eigenvalue weighted by molar-refractivity contribution is 1.05. The van der Waals surface area contributed by atoms with Gasteiger partial charge in [-0.05, 0) is 29.8 Å². The summed E-state index contributed by atoms with van der Waals surface area (Å²) in [6.07, 6.45) is 8.96. The molecule has 0 saturated heterocycles. The number of aliphatic imine (C=N–C) groups is 1. The van der Waals surface area contributed by atoms with Crippen molar-refractivity contribution in [3.05, 3.63) is 83.9 Å². The van der Waals surface area contributed by atoms with Crippen molar-refractivity contribution < 1.29 is 0 Å². The van der Waals surface area contributed by atoms with Crippen LogP contribution in [-0.4, -0.2) is 27.8 Å². The maximum atomic E-state index is 5.96. The Morgan fingerprint density at radius 3 is 2.76 bits per heavy atom. The fourth-order valence-electron chi connectivity index (χ4n) is 3.14. The number of hydrogen-bond donors (Lipinski definition) is 2. The van der Waals surface area contributed by atoms with E-state index < -0.39 is 0 Å². The van der Waals surface area contributed by atoms with Crippen molar-refractivity contribution >= 4 is 34.6 Å². The van der Waals surface area contributed by atoms with E-state index in [1.54, 1.807) is 25.5 Å². The lowest BCUT2D eigenvalue weighted by Gasteiger charge is -2.12. The molecule has 2 aromatic heterocycles. The summed E-state index contributed by atoms with van der Waals surface area (Å²) in [7, 11) is 1.74. The highest BCUT2D eigenvalue weighted by Crippen LogP contribution is 2.36. The number of nitrogens with zero attached hydrogens (tertiary/aromatic N) is 4. The first kappa shape index (κ1) is 18.8. The lowest BCUT2D eigenvalue weighted by atomic mass is 10.0. The molecule has 0 radical (unpaired) electrons. The number of benzene rings is 1. The maximum absolute atomic E-state index is 5.96. The molecular weight excluding hydrogens is 384 g/mol. The molecule has 0 aliphatic carbocycles. The number of amidine groups is 1. The maximum Gasteiger partial charge on any atom is 0.223 e.